The van der Waals surface area contributed by atoms with Gasteiger partial charge in [-0.15, -0.1) is 11.8 Å². The van der Waals surface area contributed by atoms with Crippen LogP contribution in [-0.2, 0) is 0 Å². The van der Waals surface area contributed by atoms with Gasteiger partial charge in [-0.05, 0) is 56.5 Å². The highest BCUT2D eigenvalue weighted by Gasteiger charge is 2.25. The summed E-state index contributed by atoms with van der Waals surface area (Å²) < 4.78 is 0. The lowest BCUT2D eigenvalue weighted by atomic mass is 9.88. The number of hydrogen-bond acceptors (Lipinski definition) is 3. The molecule has 0 aromatic heterocycles. The van der Waals surface area contributed by atoms with Crippen LogP contribution in [0.5, 0.6) is 0 Å². The van der Waals surface area contributed by atoms with Crippen molar-refractivity contribution < 1.29 is 4.79 Å². The molecule has 1 N–H and O–H groups in total. The normalized spacial score (nSPS) is 23.1. The monoisotopic (exact) mass is 346 g/mol. The number of thioether (sulfide) groups is 1. The van der Waals surface area contributed by atoms with E-state index in [0.717, 1.165) is 29.3 Å². The fourth-order valence-electron chi connectivity index (χ4n) is 4.17. The lowest BCUT2D eigenvalue weighted by Gasteiger charge is -2.36. The number of nitrogens with zero attached hydrogens (tertiary/aromatic N) is 1. The van der Waals surface area contributed by atoms with Crippen LogP contribution in [0.25, 0.3) is 0 Å². The summed E-state index contributed by atoms with van der Waals surface area (Å²) in [4.78, 5) is 16.3. The molecule has 1 saturated heterocycles. The Balaban J connectivity index is 1.53. The quantitative estimate of drug-likeness (QED) is 0.812. The van der Waals surface area contributed by atoms with E-state index >= 15 is 0 Å². The van der Waals surface area contributed by atoms with E-state index in [9.17, 15) is 4.79 Å². The number of amides is 1. The van der Waals surface area contributed by atoms with Crippen LogP contribution in [-0.4, -0.2) is 42.7 Å². The van der Waals surface area contributed by atoms with Crippen LogP contribution in [0.15, 0.2) is 29.2 Å². The summed E-state index contributed by atoms with van der Waals surface area (Å²) in [7, 11) is 0. The first kappa shape index (κ1) is 17.8. The smallest absolute Gasteiger partial charge is 0.252 e. The van der Waals surface area contributed by atoms with Gasteiger partial charge in [0.1, 0.15) is 0 Å². The van der Waals surface area contributed by atoms with Crippen molar-refractivity contribution in [2.45, 2.75) is 55.9 Å². The molecule has 24 heavy (non-hydrogen) atoms. The van der Waals surface area contributed by atoms with Crippen molar-refractivity contribution in [2.24, 2.45) is 5.92 Å². The number of piperidine rings is 1. The van der Waals surface area contributed by atoms with Crippen LogP contribution >= 0.6 is 11.8 Å². The third-order valence-electron chi connectivity index (χ3n) is 5.43. The number of carbonyl (C=O) groups excluding carboxylic acids is 1. The van der Waals surface area contributed by atoms with Crippen LogP contribution < -0.4 is 5.32 Å². The number of rotatable bonds is 5. The maximum Gasteiger partial charge on any atom is 0.252 e. The van der Waals surface area contributed by atoms with E-state index in [1.54, 1.807) is 11.8 Å². The third-order valence-corrected chi connectivity index (χ3v) is 6.23. The molecule has 3 rings (SSSR count). The summed E-state index contributed by atoms with van der Waals surface area (Å²) in [5, 5.41) is 3.28. The van der Waals surface area contributed by atoms with Gasteiger partial charge in [0.05, 0.1) is 5.56 Å². The summed E-state index contributed by atoms with van der Waals surface area (Å²) in [5.74, 6) is 0.967. The molecule has 4 heteroatoms. The molecule has 1 atom stereocenters. The van der Waals surface area contributed by atoms with Gasteiger partial charge in [0.15, 0.2) is 0 Å². The molecule has 1 saturated carbocycles. The number of nitrogens with one attached hydrogen (secondary N) is 1. The average molecular weight is 347 g/mol. The van der Waals surface area contributed by atoms with Gasteiger partial charge in [-0.1, -0.05) is 31.4 Å². The Morgan fingerprint density at radius 1 is 1.17 bits per heavy atom. The first-order chi connectivity index (χ1) is 11.8. The lowest BCUT2D eigenvalue weighted by molar-refractivity contribution is 0.0887. The van der Waals surface area contributed by atoms with Gasteiger partial charge in [-0.3, -0.25) is 4.79 Å². The molecule has 0 radical (unpaired) electrons. The topological polar surface area (TPSA) is 32.3 Å². The average Bonchev–Trinajstić information content (AvgIpc) is 2.63. The molecule has 0 bridgehead atoms. The maximum atomic E-state index is 12.6. The van der Waals surface area contributed by atoms with Crippen molar-refractivity contribution in [1.82, 2.24) is 10.2 Å². The van der Waals surface area contributed by atoms with Gasteiger partial charge in [0.25, 0.3) is 5.91 Å². The van der Waals surface area contributed by atoms with Gasteiger partial charge in [0, 0.05) is 24.0 Å². The third kappa shape index (κ3) is 4.76. The fourth-order valence-corrected chi connectivity index (χ4v) is 4.76. The highest BCUT2D eigenvalue weighted by atomic mass is 32.2. The Bertz CT molecular complexity index is 542. The molecule has 1 unspecified atom stereocenters. The van der Waals surface area contributed by atoms with Crippen LogP contribution in [0.3, 0.4) is 0 Å². The van der Waals surface area contributed by atoms with Crippen LogP contribution in [0.4, 0.5) is 0 Å². The minimum absolute atomic E-state index is 0.0875. The minimum atomic E-state index is 0.0875. The van der Waals surface area contributed by atoms with Crippen molar-refractivity contribution >= 4 is 17.7 Å². The van der Waals surface area contributed by atoms with E-state index in [4.69, 9.17) is 0 Å². The van der Waals surface area contributed by atoms with E-state index in [1.807, 2.05) is 30.5 Å². The summed E-state index contributed by atoms with van der Waals surface area (Å²) in [5.41, 5.74) is 0.814. The van der Waals surface area contributed by atoms with Gasteiger partial charge < -0.3 is 10.2 Å². The van der Waals surface area contributed by atoms with E-state index in [1.165, 1.54) is 51.6 Å². The minimum Gasteiger partial charge on any atom is -0.348 e. The molecule has 3 nitrogen and oxygen atoms in total. The Kier molecular flexibility index (Phi) is 6.61. The van der Waals surface area contributed by atoms with Gasteiger partial charge >= 0.3 is 0 Å². The summed E-state index contributed by atoms with van der Waals surface area (Å²) in [6, 6.07) is 8.20. The van der Waals surface area contributed by atoms with Crippen molar-refractivity contribution in [3.8, 4) is 0 Å². The molecule has 2 aliphatic rings. The summed E-state index contributed by atoms with van der Waals surface area (Å²) >= 11 is 1.64. The van der Waals surface area contributed by atoms with Crippen LogP contribution in [0, 0.1) is 5.92 Å². The van der Waals surface area contributed by atoms with E-state index in [2.05, 4.69) is 10.2 Å². The largest absolute Gasteiger partial charge is 0.348 e. The van der Waals surface area contributed by atoms with Crippen molar-refractivity contribution in [1.29, 1.82) is 0 Å². The molecule has 1 heterocycles. The SMILES string of the molecule is CSc1ccccc1C(=O)NC1CCCN(CC2CCCCC2)C1. The van der Waals surface area contributed by atoms with Gasteiger partial charge in [0.2, 0.25) is 0 Å². The maximum absolute atomic E-state index is 12.6. The Hall–Kier alpha value is -1.00. The number of benzene rings is 1. The highest BCUT2D eigenvalue weighted by molar-refractivity contribution is 7.98. The van der Waals surface area contributed by atoms with Crippen molar-refractivity contribution in [3.05, 3.63) is 29.8 Å². The molecule has 0 spiro atoms. The van der Waals surface area contributed by atoms with Gasteiger partial charge in [-0.25, -0.2) is 0 Å². The Morgan fingerprint density at radius 2 is 1.96 bits per heavy atom. The standard InChI is InChI=1S/C20H30N2OS/c1-24-19-12-6-5-11-18(19)20(23)21-17-10-7-13-22(15-17)14-16-8-3-2-4-9-16/h5-6,11-12,16-17H,2-4,7-10,13-15H2,1H3,(H,21,23). The predicted octanol–water partition coefficient (Wildman–Crippen LogP) is 4.18. The molecule has 132 valence electrons. The zero-order valence-corrected chi connectivity index (χ0v) is 15.6. The highest BCUT2D eigenvalue weighted by Crippen LogP contribution is 2.26. The second-order valence-corrected chi connectivity index (χ2v) is 8.12. The van der Waals surface area contributed by atoms with Crippen molar-refractivity contribution in [3.63, 3.8) is 0 Å². The molecule has 1 aliphatic heterocycles. The summed E-state index contributed by atoms with van der Waals surface area (Å²) in [6.45, 7) is 3.45. The van der Waals surface area contributed by atoms with E-state index < -0.39 is 0 Å². The second-order valence-electron chi connectivity index (χ2n) is 7.28. The molecule has 1 amide bonds. The van der Waals surface area contributed by atoms with Crippen LogP contribution in [0.1, 0.15) is 55.3 Å². The zero-order chi connectivity index (χ0) is 16.8. The molecule has 1 aromatic rings. The second kappa shape index (κ2) is 8.91. The molecular weight excluding hydrogens is 316 g/mol. The Morgan fingerprint density at radius 3 is 2.75 bits per heavy atom. The fraction of sp³-hybridized carbons (Fsp3) is 0.650. The molecule has 1 aliphatic carbocycles. The van der Waals surface area contributed by atoms with Gasteiger partial charge in [-0.2, -0.15) is 0 Å². The molecular formula is C20H30N2OS. The van der Waals surface area contributed by atoms with E-state index in [0.29, 0.717) is 6.04 Å². The van der Waals surface area contributed by atoms with Crippen molar-refractivity contribution in [2.75, 3.05) is 25.9 Å². The van der Waals surface area contributed by atoms with E-state index in [-0.39, 0.29) is 5.91 Å². The summed E-state index contributed by atoms with van der Waals surface area (Å²) in [6.07, 6.45) is 11.4. The Labute approximate surface area is 150 Å². The predicted molar refractivity (Wildman–Crippen MR) is 102 cm³/mol. The first-order valence-corrected chi connectivity index (χ1v) is 10.6. The zero-order valence-electron chi connectivity index (χ0n) is 14.8. The molecule has 1 aromatic carbocycles. The van der Waals surface area contributed by atoms with Crippen LogP contribution in [0.2, 0.25) is 0 Å². The number of hydrogen-bond donors (Lipinski definition) is 1. The lowest BCUT2D eigenvalue weighted by Crippen LogP contribution is -2.49. The number of carbonyl (C=O) groups is 1. The first-order valence-electron chi connectivity index (χ1n) is 9.42. The molecule has 2 fully saturated rings. The number of likely N-dealkylation sites (tertiary alicyclic amines) is 1.